The van der Waals surface area contributed by atoms with Crippen molar-refractivity contribution in [1.29, 1.82) is 0 Å². The van der Waals surface area contributed by atoms with Gasteiger partial charge in [0.05, 0.1) is 13.2 Å². The summed E-state index contributed by atoms with van der Waals surface area (Å²) in [6.45, 7) is 11.6. The number of aryl methyl sites for hydroxylation is 1. The molecule has 0 heterocycles. The van der Waals surface area contributed by atoms with E-state index in [1.807, 2.05) is 49.4 Å². The fourth-order valence-corrected chi connectivity index (χ4v) is 3.25. The standard InChI is InChI=1S/C25H36N2O3/c1-5-9-18-30-23-16-10-20(19-24(23)29-8-4)11-17-25(28)26-21-12-14-22(15-13-21)27(6-2)7-3/h10,12-16,19H,5-9,11,17-18H2,1-4H3,(H,26,28). The lowest BCUT2D eigenvalue weighted by molar-refractivity contribution is -0.116. The summed E-state index contributed by atoms with van der Waals surface area (Å²) in [7, 11) is 0. The van der Waals surface area contributed by atoms with E-state index in [0.717, 1.165) is 48.7 Å². The van der Waals surface area contributed by atoms with Gasteiger partial charge in [0.2, 0.25) is 5.91 Å². The zero-order valence-electron chi connectivity index (χ0n) is 18.9. The minimum absolute atomic E-state index is 0.00632. The third kappa shape index (κ3) is 7.29. The van der Waals surface area contributed by atoms with E-state index in [4.69, 9.17) is 9.47 Å². The molecule has 2 aromatic carbocycles. The van der Waals surface area contributed by atoms with Gasteiger partial charge >= 0.3 is 0 Å². The lowest BCUT2D eigenvalue weighted by Gasteiger charge is -2.21. The number of amides is 1. The summed E-state index contributed by atoms with van der Waals surface area (Å²) in [5, 5.41) is 2.99. The largest absolute Gasteiger partial charge is 0.490 e. The van der Waals surface area contributed by atoms with Crippen LogP contribution in [0.1, 0.15) is 52.5 Å². The van der Waals surface area contributed by atoms with Crippen molar-refractivity contribution in [3.05, 3.63) is 48.0 Å². The zero-order chi connectivity index (χ0) is 21.8. The van der Waals surface area contributed by atoms with Gasteiger partial charge in [-0.3, -0.25) is 4.79 Å². The second-order valence-corrected chi connectivity index (χ2v) is 7.18. The highest BCUT2D eigenvalue weighted by molar-refractivity contribution is 5.91. The molecule has 0 bridgehead atoms. The number of carbonyl (C=O) groups is 1. The lowest BCUT2D eigenvalue weighted by atomic mass is 10.1. The Balaban J connectivity index is 1.91. The minimum Gasteiger partial charge on any atom is -0.490 e. The van der Waals surface area contributed by atoms with Crippen molar-refractivity contribution < 1.29 is 14.3 Å². The van der Waals surface area contributed by atoms with Gasteiger partial charge < -0.3 is 19.7 Å². The molecule has 0 saturated heterocycles. The Labute approximate surface area is 181 Å². The van der Waals surface area contributed by atoms with Crippen molar-refractivity contribution >= 4 is 17.3 Å². The van der Waals surface area contributed by atoms with E-state index in [1.54, 1.807) is 0 Å². The van der Waals surface area contributed by atoms with Crippen molar-refractivity contribution in [2.24, 2.45) is 0 Å². The fraction of sp³-hybridized carbons (Fsp3) is 0.480. The summed E-state index contributed by atoms with van der Waals surface area (Å²) in [5.74, 6) is 1.53. The highest BCUT2D eigenvalue weighted by Gasteiger charge is 2.09. The number of benzene rings is 2. The van der Waals surface area contributed by atoms with Crippen LogP contribution in [0, 0.1) is 0 Å². The average molecular weight is 413 g/mol. The summed E-state index contributed by atoms with van der Waals surface area (Å²) >= 11 is 0. The van der Waals surface area contributed by atoms with E-state index in [1.165, 1.54) is 5.69 Å². The summed E-state index contributed by atoms with van der Waals surface area (Å²) in [6.07, 6.45) is 3.18. The lowest BCUT2D eigenvalue weighted by Crippen LogP contribution is -2.21. The Bertz CT molecular complexity index is 770. The molecule has 0 saturated carbocycles. The van der Waals surface area contributed by atoms with Crippen LogP contribution in [0.15, 0.2) is 42.5 Å². The van der Waals surface area contributed by atoms with Crippen molar-refractivity contribution in [2.75, 3.05) is 36.5 Å². The number of unbranched alkanes of at least 4 members (excludes halogenated alkanes) is 1. The third-order valence-electron chi connectivity index (χ3n) is 4.98. The Hall–Kier alpha value is -2.69. The van der Waals surface area contributed by atoms with E-state index in [2.05, 4.69) is 31.0 Å². The predicted octanol–water partition coefficient (Wildman–Crippen LogP) is 5.68. The number of hydrogen-bond donors (Lipinski definition) is 1. The number of hydrogen-bond acceptors (Lipinski definition) is 4. The monoisotopic (exact) mass is 412 g/mol. The Morgan fingerprint density at radius 3 is 2.30 bits per heavy atom. The first-order valence-corrected chi connectivity index (χ1v) is 11.1. The second-order valence-electron chi connectivity index (χ2n) is 7.18. The van der Waals surface area contributed by atoms with Crippen LogP contribution in [-0.2, 0) is 11.2 Å². The summed E-state index contributed by atoms with van der Waals surface area (Å²) < 4.78 is 11.6. The van der Waals surface area contributed by atoms with E-state index in [-0.39, 0.29) is 5.91 Å². The second kappa shape index (κ2) is 12.8. The molecule has 2 rings (SSSR count). The van der Waals surface area contributed by atoms with Crippen LogP contribution < -0.4 is 19.7 Å². The first-order chi connectivity index (χ1) is 14.6. The highest BCUT2D eigenvalue weighted by atomic mass is 16.5. The van der Waals surface area contributed by atoms with Gasteiger partial charge in [-0.1, -0.05) is 19.4 Å². The molecular weight excluding hydrogens is 376 g/mol. The highest BCUT2D eigenvalue weighted by Crippen LogP contribution is 2.29. The molecule has 0 aliphatic heterocycles. The zero-order valence-corrected chi connectivity index (χ0v) is 18.9. The van der Waals surface area contributed by atoms with E-state index in [0.29, 0.717) is 26.1 Å². The maximum Gasteiger partial charge on any atom is 0.224 e. The van der Waals surface area contributed by atoms with Gasteiger partial charge in [-0.25, -0.2) is 0 Å². The van der Waals surface area contributed by atoms with Crippen LogP contribution >= 0.6 is 0 Å². The molecule has 1 amide bonds. The van der Waals surface area contributed by atoms with E-state index in [9.17, 15) is 4.79 Å². The van der Waals surface area contributed by atoms with Crippen LogP contribution in [-0.4, -0.2) is 32.2 Å². The minimum atomic E-state index is 0.00632. The molecule has 0 aromatic heterocycles. The number of ether oxygens (including phenoxy) is 2. The molecular formula is C25H36N2O3. The van der Waals surface area contributed by atoms with E-state index < -0.39 is 0 Å². The molecule has 0 aliphatic carbocycles. The summed E-state index contributed by atoms with van der Waals surface area (Å²) in [4.78, 5) is 14.7. The number of carbonyl (C=O) groups excluding carboxylic acids is 1. The van der Waals surface area contributed by atoms with Gasteiger partial charge in [-0.2, -0.15) is 0 Å². The summed E-state index contributed by atoms with van der Waals surface area (Å²) in [5.41, 5.74) is 3.06. The number of rotatable bonds is 13. The number of anilines is 2. The molecule has 0 fully saturated rings. The normalized spacial score (nSPS) is 10.5. The summed E-state index contributed by atoms with van der Waals surface area (Å²) in [6, 6.07) is 14.0. The molecule has 0 radical (unpaired) electrons. The van der Waals surface area contributed by atoms with Gasteiger partial charge in [0.1, 0.15) is 0 Å². The number of nitrogens with one attached hydrogen (secondary N) is 1. The Morgan fingerprint density at radius 1 is 0.933 bits per heavy atom. The molecule has 5 nitrogen and oxygen atoms in total. The van der Waals surface area contributed by atoms with Crippen LogP contribution in [0.3, 0.4) is 0 Å². The molecule has 164 valence electrons. The molecule has 0 unspecified atom stereocenters. The third-order valence-corrected chi connectivity index (χ3v) is 4.98. The van der Waals surface area contributed by atoms with Gasteiger partial charge in [-0.05, 0) is 75.6 Å². The van der Waals surface area contributed by atoms with Crippen molar-refractivity contribution in [3.63, 3.8) is 0 Å². The van der Waals surface area contributed by atoms with Crippen LogP contribution in [0.5, 0.6) is 11.5 Å². The first kappa shape index (κ1) is 23.6. The van der Waals surface area contributed by atoms with Crippen molar-refractivity contribution in [2.45, 2.75) is 53.4 Å². The molecule has 5 heteroatoms. The van der Waals surface area contributed by atoms with Gasteiger partial charge in [-0.15, -0.1) is 0 Å². The maximum absolute atomic E-state index is 12.4. The van der Waals surface area contributed by atoms with Gasteiger partial charge in [0.15, 0.2) is 11.5 Å². The van der Waals surface area contributed by atoms with Gasteiger partial charge in [0.25, 0.3) is 0 Å². The maximum atomic E-state index is 12.4. The van der Waals surface area contributed by atoms with Crippen molar-refractivity contribution in [3.8, 4) is 11.5 Å². The Kier molecular flexibility index (Phi) is 10.1. The number of nitrogens with zero attached hydrogens (tertiary/aromatic N) is 1. The molecule has 0 atom stereocenters. The topological polar surface area (TPSA) is 50.8 Å². The average Bonchev–Trinajstić information content (AvgIpc) is 2.76. The van der Waals surface area contributed by atoms with Crippen LogP contribution in [0.25, 0.3) is 0 Å². The van der Waals surface area contributed by atoms with Gasteiger partial charge in [0, 0.05) is 30.9 Å². The molecule has 0 aliphatic rings. The van der Waals surface area contributed by atoms with Crippen LogP contribution in [0.2, 0.25) is 0 Å². The fourth-order valence-electron chi connectivity index (χ4n) is 3.25. The molecule has 1 N–H and O–H groups in total. The van der Waals surface area contributed by atoms with E-state index >= 15 is 0 Å². The van der Waals surface area contributed by atoms with Crippen LogP contribution in [0.4, 0.5) is 11.4 Å². The van der Waals surface area contributed by atoms with Crippen molar-refractivity contribution in [1.82, 2.24) is 0 Å². The molecule has 30 heavy (non-hydrogen) atoms. The first-order valence-electron chi connectivity index (χ1n) is 11.1. The smallest absolute Gasteiger partial charge is 0.224 e. The quantitative estimate of drug-likeness (QED) is 0.430. The predicted molar refractivity (Wildman–Crippen MR) is 125 cm³/mol. The Morgan fingerprint density at radius 2 is 1.67 bits per heavy atom. The SMILES string of the molecule is CCCCOc1ccc(CCC(=O)Nc2ccc(N(CC)CC)cc2)cc1OCC. The molecule has 0 spiro atoms. The molecule has 2 aromatic rings.